The summed E-state index contributed by atoms with van der Waals surface area (Å²) in [7, 11) is 0. The van der Waals surface area contributed by atoms with Crippen LogP contribution in [-0.4, -0.2) is 17.1 Å². The Hall–Kier alpha value is -0.180. The van der Waals surface area contributed by atoms with Crippen molar-refractivity contribution in [2.24, 2.45) is 11.8 Å². The number of aliphatic hydroxyl groups excluding tert-OH is 1. The van der Waals surface area contributed by atoms with E-state index in [0.717, 1.165) is 25.7 Å². The molecule has 1 aliphatic carbocycles. The molecule has 0 aliphatic heterocycles. The van der Waals surface area contributed by atoms with Crippen LogP contribution in [0.25, 0.3) is 0 Å². The Balaban J connectivity index is 2.32. The van der Waals surface area contributed by atoms with Crippen LogP contribution in [0.1, 0.15) is 65.2 Å². The minimum Gasteiger partial charge on any atom is -0.393 e. The largest absolute Gasteiger partial charge is 0.393 e. The topological polar surface area (TPSA) is 20.2 Å². The molecule has 1 rings (SSSR count). The summed E-state index contributed by atoms with van der Waals surface area (Å²) in [6, 6.07) is 0. The van der Waals surface area contributed by atoms with Gasteiger partial charge in [0.2, 0.25) is 5.92 Å². The van der Waals surface area contributed by atoms with Gasteiger partial charge < -0.3 is 5.11 Å². The average molecular weight is 248 g/mol. The second-order valence-electron chi connectivity index (χ2n) is 5.74. The first-order chi connectivity index (χ1) is 7.94. The number of rotatable bonds is 6. The molecule has 3 unspecified atom stereocenters. The highest BCUT2D eigenvalue weighted by Crippen LogP contribution is 2.39. The molecular formula is C14H26F2O. The van der Waals surface area contributed by atoms with Crippen molar-refractivity contribution < 1.29 is 13.9 Å². The molecule has 1 nitrogen and oxygen atoms in total. The van der Waals surface area contributed by atoms with E-state index in [1.165, 1.54) is 0 Å². The van der Waals surface area contributed by atoms with Gasteiger partial charge in [0.25, 0.3) is 0 Å². The molecule has 17 heavy (non-hydrogen) atoms. The summed E-state index contributed by atoms with van der Waals surface area (Å²) in [4.78, 5) is 0. The summed E-state index contributed by atoms with van der Waals surface area (Å²) in [6.07, 6.45) is 4.86. The van der Waals surface area contributed by atoms with Crippen LogP contribution in [0.5, 0.6) is 0 Å². The van der Waals surface area contributed by atoms with E-state index in [1.807, 2.05) is 6.92 Å². The number of hydrogen-bond acceptors (Lipinski definition) is 1. The van der Waals surface area contributed by atoms with Crippen molar-refractivity contribution in [3.8, 4) is 0 Å². The summed E-state index contributed by atoms with van der Waals surface area (Å²) in [6.45, 7) is 4.15. The Labute approximate surface area is 104 Å². The number of unbranched alkanes of at least 4 members (excludes halogenated alkanes) is 1. The van der Waals surface area contributed by atoms with E-state index < -0.39 is 12.0 Å². The Morgan fingerprint density at radius 2 is 2.12 bits per heavy atom. The van der Waals surface area contributed by atoms with E-state index in [2.05, 4.69) is 6.92 Å². The number of aliphatic hydroxyl groups is 1. The predicted octanol–water partition coefficient (Wildman–Crippen LogP) is 4.39. The normalized spacial score (nSPS) is 27.7. The smallest absolute Gasteiger partial charge is 0.248 e. The monoisotopic (exact) mass is 248 g/mol. The lowest BCUT2D eigenvalue weighted by Crippen LogP contribution is -2.30. The van der Waals surface area contributed by atoms with Crippen molar-refractivity contribution in [1.82, 2.24) is 0 Å². The van der Waals surface area contributed by atoms with E-state index in [1.54, 1.807) is 0 Å². The van der Waals surface area contributed by atoms with Gasteiger partial charge in [0.05, 0.1) is 6.10 Å². The van der Waals surface area contributed by atoms with E-state index in [4.69, 9.17) is 0 Å². The van der Waals surface area contributed by atoms with E-state index >= 15 is 0 Å². The Morgan fingerprint density at radius 3 is 2.71 bits per heavy atom. The molecule has 1 aliphatic rings. The maximum absolute atomic E-state index is 13.2. The molecule has 1 N–H and O–H groups in total. The minimum atomic E-state index is -2.49. The number of hydrogen-bond donors (Lipinski definition) is 1. The van der Waals surface area contributed by atoms with Crippen LogP contribution in [-0.2, 0) is 0 Å². The average Bonchev–Trinajstić information content (AvgIpc) is 2.24. The van der Waals surface area contributed by atoms with Crippen molar-refractivity contribution in [2.75, 3.05) is 0 Å². The Morgan fingerprint density at radius 1 is 1.41 bits per heavy atom. The van der Waals surface area contributed by atoms with Crippen LogP contribution in [0.15, 0.2) is 0 Å². The molecule has 0 bridgehead atoms. The molecule has 0 radical (unpaired) electrons. The Kier molecular flexibility index (Phi) is 5.84. The van der Waals surface area contributed by atoms with Gasteiger partial charge in [0, 0.05) is 12.8 Å². The fourth-order valence-corrected chi connectivity index (χ4v) is 2.77. The van der Waals surface area contributed by atoms with Crippen molar-refractivity contribution in [3.63, 3.8) is 0 Å². The van der Waals surface area contributed by atoms with Crippen LogP contribution >= 0.6 is 0 Å². The first-order valence-electron chi connectivity index (χ1n) is 7.00. The molecule has 3 atom stereocenters. The highest BCUT2D eigenvalue weighted by atomic mass is 19.3. The molecule has 1 fully saturated rings. The Bertz CT molecular complexity index is 218. The highest BCUT2D eigenvalue weighted by Gasteiger charge is 2.37. The molecule has 0 aromatic carbocycles. The molecule has 0 saturated heterocycles. The van der Waals surface area contributed by atoms with Gasteiger partial charge in [-0.25, -0.2) is 8.78 Å². The van der Waals surface area contributed by atoms with Gasteiger partial charge in [-0.2, -0.15) is 0 Å². The molecule has 0 amide bonds. The van der Waals surface area contributed by atoms with Crippen LogP contribution < -0.4 is 0 Å². The van der Waals surface area contributed by atoms with Crippen LogP contribution in [0.3, 0.4) is 0 Å². The maximum atomic E-state index is 13.2. The second kappa shape index (κ2) is 6.67. The zero-order chi connectivity index (χ0) is 12.9. The summed E-state index contributed by atoms with van der Waals surface area (Å²) in [5.41, 5.74) is 0. The zero-order valence-electron chi connectivity index (χ0n) is 11.1. The van der Waals surface area contributed by atoms with E-state index in [9.17, 15) is 13.9 Å². The molecular weight excluding hydrogens is 222 g/mol. The first kappa shape index (κ1) is 14.9. The van der Waals surface area contributed by atoms with Crippen molar-refractivity contribution in [3.05, 3.63) is 0 Å². The van der Waals surface area contributed by atoms with Crippen LogP contribution in [0.4, 0.5) is 8.78 Å². The number of halogens is 2. The summed E-state index contributed by atoms with van der Waals surface area (Å²) >= 11 is 0. The van der Waals surface area contributed by atoms with Crippen LogP contribution in [0, 0.1) is 11.8 Å². The van der Waals surface area contributed by atoms with Gasteiger partial charge in [0.1, 0.15) is 0 Å². The van der Waals surface area contributed by atoms with Gasteiger partial charge in [0.15, 0.2) is 0 Å². The van der Waals surface area contributed by atoms with Crippen molar-refractivity contribution >= 4 is 0 Å². The lowest BCUT2D eigenvalue weighted by molar-refractivity contribution is -0.0615. The third-order valence-electron chi connectivity index (χ3n) is 3.99. The fourth-order valence-electron chi connectivity index (χ4n) is 2.77. The SMILES string of the molecule is CCCCC(C)C(O)CC1CCCC(F)(F)C1. The van der Waals surface area contributed by atoms with Crippen molar-refractivity contribution in [2.45, 2.75) is 77.2 Å². The second-order valence-corrected chi connectivity index (χ2v) is 5.74. The number of alkyl halides is 2. The molecule has 102 valence electrons. The first-order valence-corrected chi connectivity index (χ1v) is 7.00. The van der Waals surface area contributed by atoms with Gasteiger partial charge in [-0.15, -0.1) is 0 Å². The molecule has 0 spiro atoms. The van der Waals surface area contributed by atoms with Gasteiger partial charge in [-0.1, -0.05) is 26.7 Å². The van der Waals surface area contributed by atoms with E-state index in [-0.39, 0.29) is 24.7 Å². The molecule has 0 aromatic heterocycles. The predicted molar refractivity (Wildman–Crippen MR) is 66.2 cm³/mol. The van der Waals surface area contributed by atoms with Gasteiger partial charge in [-0.05, 0) is 37.5 Å². The van der Waals surface area contributed by atoms with E-state index in [0.29, 0.717) is 12.8 Å². The summed E-state index contributed by atoms with van der Waals surface area (Å²) in [5.74, 6) is -2.24. The lowest BCUT2D eigenvalue weighted by Gasteiger charge is -2.31. The molecule has 0 heterocycles. The fraction of sp³-hybridized carbons (Fsp3) is 1.00. The zero-order valence-corrected chi connectivity index (χ0v) is 11.1. The maximum Gasteiger partial charge on any atom is 0.248 e. The summed E-state index contributed by atoms with van der Waals surface area (Å²) in [5, 5.41) is 10.0. The quantitative estimate of drug-likeness (QED) is 0.739. The molecule has 1 saturated carbocycles. The molecule has 0 aromatic rings. The summed E-state index contributed by atoms with van der Waals surface area (Å²) < 4.78 is 26.5. The standard InChI is InChI=1S/C14H26F2O/c1-3-4-6-11(2)13(17)9-12-7-5-8-14(15,16)10-12/h11-13,17H,3-10H2,1-2H3. The molecule has 3 heteroatoms. The lowest BCUT2D eigenvalue weighted by atomic mass is 9.80. The highest BCUT2D eigenvalue weighted by molar-refractivity contribution is 4.81. The van der Waals surface area contributed by atoms with Gasteiger partial charge >= 0.3 is 0 Å². The van der Waals surface area contributed by atoms with Gasteiger partial charge in [-0.3, -0.25) is 0 Å². The minimum absolute atomic E-state index is 0.0119. The third kappa shape index (κ3) is 5.33. The van der Waals surface area contributed by atoms with Crippen molar-refractivity contribution in [1.29, 1.82) is 0 Å². The third-order valence-corrected chi connectivity index (χ3v) is 3.99. The van der Waals surface area contributed by atoms with Crippen LogP contribution in [0.2, 0.25) is 0 Å².